The zero-order chi connectivity index (χ0) is 17.3. The summed E-state index contributed by atoms with van der Waals surface area (Å²) < 4.78 is 5.94. The van der Waals surface area contributed by atoms with Crippen molar-refractivity contribution < 1.29 is 9.53 Å². The molecule has 1 amide bonds. The molecule has 0 N–H and O–H groups in total. The van der Waals surface area contributed by atoms with Gasteiger partial charge in [0.15, 0.2) is 0 Å². The molecular weight excluding hydrogens is 347 g/mol. The Morgan fingerprint density at radius 1 is 1.25 bits per heavy atom. The molecule has 0 fully saturated rings. The molecule has 0 bridgehead atoms. The number of amidine groups is 1. The van der Waals surface area contributed by atoms with Crippen molar-refractivity contribution >= 4 is 34.9 Å². The fraction of sp³-hybridized carbons (Fsp3) is 0.222. The third kappa shape index (κ3) is 3.40. The molecule has 0 unspecified atom stereocenters. The Bertz CT molecular complexity index is 834. The lowest BCUT2D eigenvalue weighted by molar-refractivity contribution is -0.124. The summed E-state index contributed by atoms with van der Waals surface area (Å²) in [4.78, 5) is 17.3. The van der Waals surface area contributed by atoms with E-state index >= 15 is 0 Å². The van der Waals surface area contributed by atoms with Crippen LogP contribution in [0.3, 0.4) is 0 Å². The SMILES string of the molecule is Cc1cc(OCC2=NCC(=O)N2C)c(-c2cccc(Cl)c2)cc1Cl. The Labute approximate surface area is 150 Å². The number of halogens is 2. The summed E-state index contributed by atoms with van der Waals surface area (Å²) in [5.74, 6) is 1.26. The predicted octanol–water partition coefficient (Wildman–Crippen LogP) is 4.22. The van der Waals surface area contributed by atoms with Crippen molar-refractivity contribution in [1.29, 1.82) is 0 Å². The first-order chi connectivity index (χ1) is 11.5. The topological polar surface area (TPSA) is 41.9 Å². The standard InChI is InChI=1S/C18H16Cl2N2O2/c1-11-6-16(24-10-17-21-9-18(23)22(17)2)14(8-15(11)20)12-4-3-5-13(19)7-12/h3-8H,9-10H2,1-2H3. The number of hydrogen-bond donors (Lipinski definition) is 0. The molecule has 1 heterocycles. The van der Waals surface area contributed by atoms with Crippen molar-refractivity contribution in [3.05, 3.63) is 52.0 Å². The second kappa shape index (κ2) is 6.83. The fourth-order valence-electron chi connectivity index (χ4n) is 2.46. The number of nitrogens with zero attached hydrogens (tertiary/aromatic N) is 2. The van der Waals surface area contributed by atoms with Crippen LogP contribution in [0.15, 0.2) is 41.4 Å². The molecule has 2 aromatic carbocycles. The van der Waals surface area contributed by atoms with E-state index in [1.54, 1.807) is 7.05 Å². The number of aliphatic imine (C=N–C) groups is 1. The van der Waals surface area contributed by atoms with Gasteiger partial charge in [-0.1, -0.05) is 35.3 Å². The van der Waals surface area contributed by atoms with Gasteiger partial charge < -0.3 is 4.74 Å². The smallest absolute Gasteiger partial charge is 0.249 e. The minimum Gasteiger partial charge on any atom is -0.485 e. The molecule has 1 aliphatic heterocycles. The third-order valence-corrected chi connectivity index (χ3v) is 4.55. The molecule has 3 rings (SSSR count). The summed E-state index contributed by atoms with van der Waals surface area (Å²) in [6.45, 7) is 2.31. The first-order valence-electron chi connectivity index (χ1n) is 7.44. The average Bonchev–Trinajstić information content (AvgIpc) is 2.87. The second-order valence-electron chi connectivity index (χ2n) is 5.58. The van der Waals surface area contributed by atoms with Crippen molar-refractivity contribution in [2.75, 3.05) is 20.2 Å². The fourth-order valence-corrected chi connectivity index (χ4v) is 2.81. The molecule has 24 heavy (non-hydrogen) atoms. The lowest BCUT2D eigenvalue weighted by Gasteiger charge is -2.16. The van der Waals surface area contributed by atoms with Crippen molar-refractivity contribution in [3.8, 4) is 16.9 Å². The number of amides is 1. The molecule has 0 atom stereocenters. The van der Waals surface area contributed by atoms with Gasteiger partial charge in [0.2, 0.25) is 5.91 Å². The molecule has 0 aromatic heterocycles. The number of ether oxygens (including phenoxy) is 1. The number of carbonyl (C=O) groups is 1. The van der Waals surface area contributed by atoms with Crippen LogP contribution in [-0.2, 0) is 4.79 Å². The third-order valence-electron chi connectivity index (χ3n) is 3.91. The maximum atomic E-state index is 11.5. The number of aryl methyl sites for hydroxylation is 1. The van der Waals surface area contributed by atoms with Crippen molar-refractivity contribution in [1.82, 2.24) is 4.90 Å². The lowest BCUT2D eigenvalue weighted by atomic mass is 10.0. The zero-order valence-electron chi connectivity index (χ0n) is 13.3. The normalized spacial score (nSPS) is 14.1. The van der Waals surface area contributed by atoms with Crippen LogP contribution in [0.25, 0.3) is 11.1 Å². The number of hydrogen-bond acceptors (Lipinski definition) is 3. The molecule has 4 nitrogen and oxygen atoms in total. The van der Waals surface area contributed by atoms with E-state index in [4.69, 9.17) is 27.9 Å². The Morgan fingerprint density at radius 3 is 2.71 bits per heavy atom. The van der Waals surface area contributed by atoms with Crippen molar-refractivity contribution in [2.24, 2.45) is 4.99 Å². The van der Waals surface area contributed by atoms with E-state index in [1.807, 2.05) is 43.3 Å². The Hall–Kier alpha value is -2.04. The minimum absolute atomic E-state index is 0.0315. The van der Waals surface area contributed by atoms with Crippen molar-refractivity contribution in [3.63, 3.8) is 0 Å². The van der Waals surface area contributed by atoms with Gasteiger partial charge in [-0.2, -0.15) is 0 Å². The number of likely N-dealkylation sites (N-methyl/N-ethyl adjacent to an activating group) is 1. The molecule has 0 saturated carbocycles. The van der Waals surface area contributed by atoms with Crippen molar-refractivity contribution in [2.45, 2.75) is 6.92 Å². The first kappa shape index (κ1) is 16.8. The first-order valence-corrected chi connectivity index (χ1v) is 8.20. The molecule has 0 aliphatic carbocycles. The summed E-state index contributed by atoms with van der Waals surface area (Å²) in [7, 11) is 1.70. The lowest BCUT2D eigenvalue weighted by Crippen LogP contribution is -2.31. The van der Waals surface area contributed by atoms with Crippen LogP contribution in [0.1, 0.15) is 5.56 Å². The largest absolute Gasteiger partial charge is 0.485 e. The van der Waals surface area contributed by atoms with E-state index in [2.05, 4.69) is 4.99 Å². The van der Waals surface area contributed by atoms with Crippen LogP contribution in [0.2, 0.25) is 10.0 Å². The highest BCUT2D eigenvalue weighted by Gasteiger charge is 2.22. The Kier molecular flexibility index (Phi) is 4.78. The van der Waals surface area contributed by atoms with Gasteiger partial charge in [0.05, 0.1) is 0 Å². The summed E-state index contributed by atoms with van der Waals surface area (Å²) in [5, 5.41) is 1.29. The monoisotopic (exact) mass is 362 g/mol. The number of rotatable bonds is 4. The Balaban J connectivity index is 1.92. The molecule has 0 radical (unpaired) electrons. The molecule has 2 aromatic rings. The van der Waals surface area contributed by atoms with Gasteiger partial charge in [-0.05, 0) is 42.3 Å². The van der Waals surface area contributed by atoms with Gasteiger partial charge >= 0.3 is 0 Å². The quantitative estimate of drug-likeness (QED) is 0.816. The van der Waals surface area contributed by atoms with E-state index in [9.17, 15) is 4.79 Å². The molecule has 1 aliphatic rings. The van der Waals surface area contributed by atoms with E-state index in [0.717, 1.165) is 16.7 Å². The summed E-state index contributed by atoms with van der Waals surface area (Å²) >= 11 is 12.4. The summed E-state index contributed by atoms with van der Waals surface area (Å²) in [6.07, 6.45) is 0. The summed E-state index contributed by atoms with van der Waals surface area (Å²) in [5.41, 5.74) is 2.67. The predicted molar refractivity (Wildman–Crippen MR) is 97.2 cm³/mol. The van der Waals surface area contributed by atoms with Crippen LogP contribution in [-0.4, -0.2) is 36.8 Å². The van der Waals surface area contributed by atoms with Crippen LogP contribution in [0, 0.1) is 6.92 Å². The van der Waals surface area contributed by atoms with E-state index in [-0.39, 0.29) is 19.1 Å². The highest BCUT2D eigenvalue weighted by atomic mass is 35.5. The number of benzene rings is 2. The second-order valence-corrected chi connectivity index (χ2v) is 6.43. The maximum absolute atomic E-state index is 11.5. The summed E-state index contributed by atoms with van der Waals surface area (Å²) in [6, 6.07) is 11.2. The van der Waals surface area contributed by atoms with Gasteiger partial charge in [-0.3, -0.25) is 14.7 Å². The van der Waals surface area contributed by atoms with Gasteiger partial charge in [0.25, 0.3) is 0 Å². The highest BCUT2D eigenvalue weighted by Crippen LogP contribution is 2.35. The van der Waals surface area contributed by atoms with Gasteiger partial charge in [0, 0.05) is 22.7 Å². The Morgan fingerprint density at radius 2 is 2.04 bits per heavy atom. The molecule has 0 saturated heterocycles. The maximum Gasteiger partial charge on any atom is 0.249 e. The molecule has 124 valence electrons. The van der Waals surface area contributed by atoms with E-state index < -0.39 is 0 Å². The molecule has 0 spiro atoms. The van der Waals surface area contributed by atoms with Gasteiger partial charge in [0.1, 0.15) is 24.7 Å². The minimum atomic E-state index is -0.0315. The zero-order valence-corrected chi connectivity index (χ0v) is 14.9. The molecular formula is C18H16Cl2N2O2. The molecule has 6 heteroatoms. The van der Waals surface area contributed by atoms with Gasteiger partial charge in [-0.25, -0.2) is 0 Å². The van der Waals surface area contributed by atoms with E-state index in [0.29, 0.717) is 21.6 Å². The van der Waals surface area contributed by atoms with Gasteiger partial charge in [-0.15, -0.1) is 0 Å². The van der Waals surface area contributed by atoms with Crippen LogP contribution < -0.4 is 4.74 Å². The van der Waals surface area contributed by atoms with Crippen LogP contribution in [0.5, 0.6) is 5.75 Å². The number of carbonyl (C=O) groups excluding carboxylic acids is 1. The highest BCUT2D eigenvalue weighted by molar-refractivity contribution is 6.32. The van der Waals surface area contributed by atoms with Crippen LogP contribution >= 0.6 is 23.2 Å². The average molecular weight is 363 g/mol. The van der Waals surface area contributed by atoms with E-state index in [1.165, 1.54) is 4.90 Å². The van der Waals surface area contributed by atoms with Crippen LogP contribution in [0.4, 0.5) is 0 Å².